The highest BCUT2D eigenvalue weighted by molar-refractivity contribution is 7.99. The smallest absolute Gasteiger partial charge is 0.262 e. The molecule has 0 N–H and O–H groups in total. The van der Waals surface area contributed by atoms with Crippen LogP contribution in [0, 0.1) is 0 Å². The first-order valence-corrected chi connectivity index (χ1v) is 8.61. The van der Waals surface area contributed by atoms with Crippen molar-refractivity contribution in [2.24, 2.45) is 0 Å². The van der Waals surface area contributed by atoms with Gasteiger partial charge in [-0.25, -0.2) is 4.98 Å². The molecule has 0 aliphatic carbocycles. The van der Waals surface area contributed by atoms with E-state index >= 15 is 0 Å². The lowest BCUT2D eigenvalue weighted by atomic mass is 10.2. The maximum Gasteiger partial charge on any atom is 0.262 e. The van der Waals surface area contributed by atoms with Crippen LogP contribution in [0.15, 0.2) is 51.3 Å². The number of aryl methyl sites for hydroxylation is 1. The van der Waals surface area contributed by atoms with E-state index in [-0.39, 0.29) is 10.8 Å². The minimum atomic E-state index is -0.109. The zero-order chi connectivity index (χ0) is 17.1. The summed E-state index contributed by atoms with van der Waals surface area (Å²) >= 11 is 1.42. The van der Waals surface area contributed by atoms with E-state index in [9.17, 15) is 4.79 Å². The predicted octanol–water partition coefficient (Wildman–Crippen LogP) is 3.38. The van der Waals surface area contributed by atoms with Gasteiger partial charge in [-0.2, -0.15) is 0 Å². The fourth-order valence-electron chi connectivity index (χ4n) is 2.31. The van der Waals surface area contributed by atoms with Crippen molar-refractivity contribution < 1.29 is 4.42 Å². The van der Waals surface area contributed by atoms with Gasteiger partial charge in [0.15, 0.2) is 5.16 Å². The Morgan fingerprint density at radius 2 is 2.17 bits per heavy atom. The third-order valence-electron chi connectivity index (χ3n) is 3.55. The molecule has 3 rings (SSSR count). The van der Waals surface area contributed by atoms with Gasteiger partial charge in [-0.15, -0.1) is 16.8 Å². The van der Waals surface area contributed by atoms with E-state index in [1.165, 1.54) is 11.8 Å². The lowest BCUT2D eigenvalue weighted by Crippen LogP contribution is -2.23. The first kappa shape index (κ1) is 16.4. The number of hydrogen-bond acceptors (Lipinski definition) is 6. The molecule has 0 amide bonds. The number of hydrogen-bond donors (Lipinski definition) is 0. The summed E-state index contributed by atoms with van der Waals surface area (Å²) < 4.78 is 7.22. The molecule has 3 aromatic rings. The summed E-state index contributed by atoms with van der Waals surface area (Å²) in [5.74, 6) is 1.14. The monoisotopic (exact) mass is 342 g/mol. The van der Waals surface area contributed by atoms with Gasteiger partial charge in [0.1, 0.15) is 0 Å². The summed E-state index contributed by atoms with van der Waals surface area (Å²) in [6.45, 7) is 8.05. The fourth-order valence-corrected chi connectivity index (χ4v) is 3.26. The lowest BCUT2D eigenvalue weighted by Gasteiger charge is -2.13. The van der Waals surface area contributed by atoms with Crippen molar-refractivity contribution in [3.8, 4) is 0 Å². The Morgan fingerprint density at radius 3 is 2.88 bits per heavy atom. The zero-order valence-electron chi connectivity index (χ0n) is 13.6. The first-order valence-electron chi connectivity index (χ1n) is 7.73. The van der Waals surface area contributed by atoms with Crippen LogP contribution in [0.1, 0.15) is 30.9 Å². The Labute approximate surface area is 143 Å². The summed E-state index contributed by atoms with van der Waals surface area (Å²) in [6.07, 6.45) is 2.38. The third kappa shape index (κ3) is 3.12. The summed E-state index contributed by atoms with van der Waals surface area (Å²) in [7, 11) is 0. The van der Waals surface area contributed by atoms with Gasteiger partial charge in [0.25, 0.3) is 5.56 Å². The summed E-state index contributed by atoms with van der Waals surface area (Å²) in [4.78, 5) is 17.4. The molecule has 0 spiro atoms. The van der Waals surface area contributed by atoms with Crippen molar-refractivity contribution in [2.75, 3.05) is 0 Å². The Hall–Kier alpha value is -2.41. The van der Waals surface area contributed by atoms with Crippen molar-refractivity contribution in [3.63, 3.8) is 0 Å². The molecule has 1 aromatic carbocycles. The van der Waals surface area contributed by atoms with Gasteiger partial charge in [-0.05, 0) is 19.1 Å². The molecule has 0 aliphatic heterocycles. The van der Waals surface area contributed by atoms with E-state index < -0.39 is 0 Å². The standard InChI is InChI=1S/C17H18N4O2S/c1-4-10-21-16(22)12-8-6-7-9-13(12)18-17(21)24-11(3)15-20-19-14(5-2)23-15/h4,6-9,11H,1,5,10H2,2-3H3. The number of benzene rings is 1. The minimum Gasteiger partial charge on any atom is -0.424 e. The van der Waals surface area contributed by atoms with Gasteiger partial charge < -0.3 is 4.42 Å². The van der Waals surface area contributed by atoms with Gasteiger partial charge >= 0.3 is 0 Å². The average molecular weight is 342 g/mol. The van der Waals surface area contributed by atoms with Gasteiger partial charge in [0.2, 0.25) is 11.8 Å². The van der Waals surface area contributed by atoms with E-state index in [2.05, 4.69) is 21.8 Å². The van der Waals surface area contributed by atoms with Gasteiger partial charge in [-0.1, -0.05) is 36.9 Å². The highest BCUT2D eigenvalue weighted by atomic mass is 32.2. The van der Waals surface area contributed by atoms with E-state index in [1.54, 1.807) is 16.7 Å². The van der Waals surface area contributed by atoms with Crippen LogP contribution in [0.4, 0.5) is 0 Å². The van der Waals surface area contributed by atoms with Crippen molar-refractivity contribution in [3.05, 3.63) is 59.1 Å². The van der Waals surface area contributed by atoms with Crippen LogP contribution >= 0.6 is 11.8 Å². The minimum absolute atomic E-state index is 0.0741. The average Bonchev–Trinajstić information content (AvgIpc) is 3.08. The largest absolute Gasteiger partial charge is 0.424 e. The third-order valence-corrected chi connectivity index (χ3v) is 4.63. The number of fused-ring (bicyclic) bond motifs is 1. The van der Waals surface area contributed by atoms with E-state index in [0.717, 1.165) is 0 Å². The Kier molecular flexibility index (Phi) is 4.80. The molecule has 1 atom stereocenters. The molecule has 0 bridgehead atoms. The molecule has 7 heteroatoms. The first-order chi connectivity index (χ1) is 11.6. The van der Waals surface area contributed by atoms with Gasteiger partial charge in [-0.3, -0.25) is 9.36 Å². The van der Waals surface area contributed by atoms with Crippen molar-refractivity contribution in [1.82, 2.24) is 19.7 Å². The normalized spacial score (nSPS) is 12.4. The number of para-hydroxylation sites is 1. The molecule has 0 saturated carbocycles. The van der Waals surface area contributed by atoms with Crippen LogP contribution < -0.4 is 5.56 Å². The highest BCUT2D eigenvalue weighted by Gasteiger charge is 2.19. The molecule has 2 aromatic heterocycles. The topological polar surface area (TPSA) is 73.8 Å². The fraction of sp³-hybridized carbons (Fsp3) is 0.294. The molecule has 2 heterocycles. The quantitative estimate of drug-likeness (QED) is 0.388. The maximum atomic E-state index is 12.7. The van der Waals surface area contributed by atoms with Crippen LogP contribution in [0.25, 0.3) is 10.9 Å². The molecule has 0 fully saturated rings. The molecule has 6 nitrogen and oxygen atoms in total. The molecule has 1 unspecified atom stereocenters. The molecular weight excluding hydrogens is 324 g/mol. The molecule has 24 heavy (non-hydrogen) atoms. The van der Waals surface area contributed by atoms with Crippen molar-refractivity contribution in [2.45, 2.75) is 37.2 Å². The number of aromatic nitrogens is 4. The predicted molar refractivity (Wildman–Crippen MR) is 94.1 cm³/mol. The lowest BCUT2D eigenvalue weighted by molar-refractivity contribution is 0.455. The van der Waals surface area contributed by atoms with E-state index in [0.29, 0.717) is 40.8 Å². The number of thioether (sulfide) groups is 1. The molecule has 124 valence electrons. The summed E-state index contributed by atoms with van der Waals surface area (Å²) in [6, 6.07) is 7.33. The second-order valence-corrected chi connectivity index (χ2v) is 6.57. The van der Waals surface area contributed by atoms with Crippen LogP contribution in [0.3, 0.4) is 0 Å². The van der Waals surface area contributed by atoms with E-state index in [4.69, 9.17) is 4.42 Å². The molecule has 0 radical (unpaired) electrons. The van der Waals surface area contributed by atoms with Crippen LogP contribution in [0.2, 0.25) is 0 Å². The Bertz CT molecular complexity index is 932. The second-order valence-electron chi connectivity index (χ2n) is 5.26. The van der Waals surface area contributed by atoms with Gasteiger partial charge in [0.05, 0.1) is 16.2 Å². The van der Waals surface area contributed by atoms with Crippen LogP contribution in [-0.4, -0.2) is 19.7 Å². The Balaban J connectivity index is 2.02. The number of rotatable bonds is 6. The molecular formula is C17H18N4O2S. The summed E-state index contributed by atoms with van der Waals surface area (Å²) in [5, 5.41) is 9.16. The second kappa shape index (κ2) is 7.00. The van der Waals surface area contributed by atoms with Crippen LogP contribution in [0.5, 0.6) is 0 Å². The number of nitrogens with zero attached hydrogens (tertiary/aromatic N) is 4. The summed E-state index contributed by atoms with van der Waals surface area (Å²) in [5.41, 5.74) is 0.604. The van der Waals surface area contributed by atoms with Crippen molar-refractivity contribution >= 4 is 22.7 Å². The van der Waals surface area contributed by atoms with Crippen LogP contribution in [-0.2, 0) is 13.0 Å². The Morgan fingerprint density at radius 1 is 1.38 bits per heavy atom. The SMILES string of the molecule is C=CCn1c(SC(C)c2nnc(CC)o2)nc2ccccc2c1=O. The molecule has 0 saturated heterocycles. The van der Waals surface area contributed by atoms with Gasteiger partial charge in [0, 0.05) is 13.0 Å². The van der Waals surface area contributed by atoms with Crippen molar-refractivity contribution in [1.29, 1.82) is 0 Å². The maximum absolute atomic E-state index is 12.7. The number of allylic oxidation sites excluding steroid dienone is 1. The zero-order valence-corrected chi connectivity index (χ0v) is 14.4. The highest BCUT2D eigenvalue weighted by Crippen LogP contribution is 2.33. The van der Waals surface area contributed by atoms with E-state index in [1.807, 2.05) is 32.0 Å². The molecule has 0 aliphatic rings.